The Morgan fingerprint density at radius 3 is 1.78 bits per heavy atom. The molecule has 1 heteroatoms. The van der Waals surface area contributed by atoms with Crippen LogP contribution in [-0.4, -0.2) is 6.91 Å². The van der Waals surface area contributed by atoms with E-state index in [0.29, 0.717) is 0 Å². The number of fused-ring (bicyclic) bond motifs is 3. The molecule has 0 aliphatic heterocycles. The Hall–Kier alpha value is -2.93. The molecule has 5 rings (SSSR count). The Balaban J connectivity index is 1.94. The minimum absolute atomic E-state index is 0.269. The van der Waals surface area contributed by atoms with Gasteiger partial charge in [-0.25, -0.2) is 0 Å². The van der Waals surface area contributed by atoms with Crippen LogP contribution >= 0.6 is 0 Å². The first-order chi connectivity index (χ1) is 13.2. The summed E-state index contributed by atoms with van der Waals surface area (Å²) in [5.41, 5.74) is 10.4. The van der Waals surface area contributed by atoms with E-state index in [1.54, 1.807) is 0 Å². The van der Waals surface area contributed by atoms with E-state index in [4.69, 9.17) is 0 Å². The molecular formula is C26H21B. The zero-order valence-electron chi connectivity index (χ0n) is 15.7. The van der Waals surface area contributed by atoms with Crippen LogP contribution in [0.4, 0.5) is 0 Å². The summed E-state index contributed by atoms with van der Waals surface area (Å²) >= 11 is 0. The molecule has 1 aliphatic carbocycles. The zero-order chi connectivity index (χ0) is 18.4. The Morgan fingerprint density at radius 1 is 0.593 bits per heavy atom. The van der Waals surface area contributed by atoms with Crippen LogP contribution in [0.1, 0.15) is 33.3 Å². The van der Waals surface area contributed by atoms with Crippen LogP contribution in [0.25, 0.3) is 11.1 Å². The SMILES string of the molecule is Cc1ccc(C2(c3ccc(C)cc3)c3bcccc3-c3ccccc32)cc1. The van der Waals surface area contributed by atoms with Gasteiger partial charge in [0.05, 0.1) is 0 Å². The Bertz CT molecular complexity index is 1030. The third-order valence-corrected chi connectivity index (χ3v) is 5.92. The fourth-order valence-corrected chi connectivity index (χ4v) is 4.63. The molecule has 0 saturated carbocycles. The molecule has 0 spiro atoms. The second-order valence-electron chi connectivity index (χ2n) is 7.57. The van der Waals surface area contributed by atoms with Crippen LogP contribution < -0.4 is 0 Å². The molecule has 1 aromatic heterocycles. The molecule has 0 nitrogen and oxygen atoms in total. The van der Waals surface area contributed by atoms with Crippen molar-refractivity contribution in [1.82, 2.24) is 0 Å². The molecule has 128 valence electrons. The van der Waals surface area contributed by atoms with E-state index in [1.165, 1.54) is 44.4 Å². The summed E-state index contributed by atoms with van der Waals surface area (Å²) in [4.78, 5) is 0. The van der Waals surface area contributed by atoms with E-state index < -0.39 is 0 Å². The summed E-state index contributed by atoms with van der Waals surface area (Å²) in [6, 6.07) is 31.4. The van der Waals surface area contributed by atoms with Crippen LogP contribution in [0.3, 0.4) is 0 Å². The molecule has 27 heavy (non-hydrogen) atoms. The average molecular weight is 344 g/mol. The van der Waals surface area contributed by atoms with Crippen molar-refractivity contribution in [3.8, 4) is 11.1 Å². The molecule has 0 saturated heterocycles. The van der Waals surface area contributed by atoms with Gasteiger partial charge in [0.2, 0.25) is 0 Å². The number of hydrogen-bond donors (Lipinski definition) is 0. The minimum atomic E-state index is -0.269. The fraction of sp³-hybridized carbons (Fsp3) is 0.115. The molecular weight excluding hydrogens is 323 g/mol. The van der Waals surface area contributed by atoms with Gasteiger partial charge in [0.15, 0.2) is 0 Å². The Kier molecular flexibility index (Phi) is 3.65. The van der Waals surface area contributed by atoms with Crippen LogP contribution in [0.15, 0.2) is 90.9 Å². The summed E-state index contributed by atoms with van der Waals surface area (Å²) in [7, 11) is 0. The molecule has 0 bridgehead atoms. The standard InChI is InChI=1S/C26H21B/c1-18-9-13-20(14-10-18)26(21-15-11-19(2)12-16-21)24-8-4-3-6-22(24)23-7-5-17-27-25(23)26/h3-17H,1-2H3. The van der Waals surface area contributed by atoms with Gasteiger partial charge in [-0.3, -0.25) is 0 Å². The van der Waals surface area contributed by atoms with Crippen LogP contribution in [0.5, 0.6) is 0 Å². The van der Waals surface area contributed by atoms with Crippen molar-refractivity contribution in [3.63, 3.8) is 0 Å². The molecule has 0 fully saturated rings. The summed E-state index contributed by atoms with van der Waals surface area (Å²) < 4.78 is 0. The number of hydrogen-bond acceptors (Lipinski definition) is 0. The van der Waals surface area contributed by atoms with Crippen molar-refractivity contribution in [2.75, 3.05) is 0 Å². The van der Waals surface area contributed by atoms with Crippen molar-refractivity contribution < 1.29 is 0 Å². The third kappa shape index (κ3) is 2.28. The molecule has 4 aromatic rings. The monoisotopic (exact) mass is 344 g/mol. The summed E-state index contributed by atoms with van der Waals surface area (Å²) in [6.45, 7) is 6.60. The molecule has 0 unspecified atom stereocenters. The van der Waals surface area contributed by atoms with E-state index in [9.17, 15) is 0 Å². The van der Waals surface area contributed by atoms with E-state index in [1.807, 2.05) is 0 Å². The predicted octanol–water partition coefficient (Wildman–Crippen LogP) is 6.00. The Morgan fingerprint density at radius 2 is 1.15 bits per heavy atom. The molecule has 1 aliphatic rings. The van der Waals surface area contributed by atoms with Crippen molar-refractivity contribution in [2.45, 2.75) is 19.3 Å². The first-order valence-corrected chi connectivity index (χ1v) is 9.55. The van der Waals surface area contributed by atoms with E-state index in [2.05, 4.69) is 112 Å². The topological polar surface area (TPSA) is 0 Å². The van der Waals surface area contributed by atoms with Gasteiger partial charge in [0.25, 0.3) is 0 Å². The second kappa shape index (κ2) is 6.06. The molecule has 0 amide bonds. The van der Waals surface area contributed by atoms with Gasteiger partial charge in [-0.05, 0) is 0 Å². The predicted molar refractivity (Wildman–Crippen MR) is 115 cm³/mol. The summed E-state index contributed by atoms with van der Waals surface area (Å²) in [6.07, 6.45) is 0. The van der Waals surface area contributed by atoms with Gasteiger partial charge >= 0.3 is 161 Å². The summed E-state index contributed by atoms with van der Waals surface area (Å²) in [5.74, 6) is 2.17. The molecule has 0 radical (unpaired) electrons. The molecule has 1 heterocycles. The second-order valence-corrected chi connectivity index (χ2v) is 7.57. The van der Waals surface area contributed by atoms with E-state index >= 15 is 0 Å². The van der Waals surface area contributed by atoms with Gasteiger partial charge in [-0.1, -0.05) is 0 Å². The molecule has 3 aromatic carbocycles. The van der Waals surface area contributed by atoms with Crippen molar-refractivity contribution in [2.24, 2.45) is 0 Å². The first-order valence-electron chi connectivity index (χ1n) is 9.55. The zero-order valence-corrected chi connectivity index (χ0v) is 15.7. The van der Waals surface area contributed by atoms with E-state index in [0.717, 1.165) is 0 Å². The summed E-state index contributed by atoms with van der Waals surface area (Å²) in [5, 5.41) is 0. The van der Waals surface area contributed by atoms with Gasteiger partial charge in [-0.2, -0.15) is 0 Å². The number of aryl methyl sites for hydroxylation is 2. The maximum atomic E-state index is 2.30. The Labute approximate surface area is 161 Å². The van der Waals surface area contributed by atoms with Gasteiger partial charge in [-0.15, -0.1) is 0 Å². The van der Waals surface area contributed by atoms with Crippen LogP contribution in [-0.2, 0) is 5.41 Å². The normalized spacial score (nSPS) is 13.7. The fourth-order valence-electron chi connectivity index (χ4n) is 4.63. The van der Waals surface area contributed by atoms with Crippen molar-refractivity contribution in [1.29, 1.82) is 0 Å². The molecule has 0 N–H and O–H groups in total. The van der Waals surface area contributed by atoms with Crippen molar-refractivity contribution in [3.05, 3.63) is 124 Å². The van der Waals surface area contributed by atoms with Crippen LogP contribution in [0, 0.1) is 13.8 Å². The van der Waals surface area contributed by atoms with E-state index in [-0.39, 0.29) is 5.41 Å². The number of benzene rings is 3. The van der Waals surface area contributed by atoms with Gasteiger partial charge in [0.1, 0.15) is 0 Å². The van der Waals surface area contributed by atoms with Crippen molar-refractivity contribution >= 4 is 6.91 Å². The van der Waals surface area contributed by atoms with Gasteiger partial charge < -0.3 is 0 Å². The third-order valence-electron chi connectivity index (χ3n) is 5.92. The maximum absolute atomic E-state index is 2.30. The van der Waals surface area contributed by atoms with Gasteiger partial charge in [0, 0.05) is 0 Å². The number of rotatable bonds is 2. The molecule has 0 atom stereocenters. The van der Waals surface area contributed by atoms with Crippen LogP contribution in [0.2, 0.25) is 0 Å². The first kappa shape index (κ1) is 16.3. The quantitative estimate of drug-likeness (QED) is 0.368. The average Bonchev–Trinajstić information content (AvgIpc) is 3.01.